The van der Waals surface area contributed by atoms with Crippen LogP contribution in [-0.4, -0.2) is 30.6 Å². The Morgan fingerprint density at radius 3 is 2.33 bits per heavy atom. The van der Waals surface area contributed by atoms with E-state index in [1.54, 1.807) is 12.1 Å². The van der Waals surface area contributed by atoms with E-state index in [2.05, 4.69) is 16.0 Å². The summed E-state index contributed by atoms with van der Waals surface area (Å²) in [6.45, 7) is 2.67. The molecule has 0 heterocycles. The highest BCUT2D eigenvalue weighted by molar-refractivity contribution is 6.30. The number of hydrogen-bond donors (Lipinski definition) is 3. The van der Waals surface area contributed by atoms with Crippen molar-refractivity contribution in [1.82, 2.24) is 16.0 Å². The van der Waals surface area contributed by atoms with Crippen LogP contribution in [0, 0.1) is 0 Å². The van der Waals surface area contributed by atoms with Gasteiger partial charge >= 0.3 is 6.03 Å². The maximum atomic E-state index is 12.3. The van der Waals surface area contributed by atoms with Crippen LogP contribution in [0.15, 0.2) is 24.3 Å². The molecule has 1 aromatic carbocycles. The van der Waals surface area contributed by atoms with Crippen molar-refractivity contribution in [1.29, 1.82) is 0 Å². The van der Waals surface area contributed by atoms with Crippen molar-refractivity contribution in [2.45, 2.75) is 57.5 Å². The number of amides is 3. The van der Waals surface area contributed by atoms with Crippen LogP contribution in [0.4, 0.5) is 4.79 Å². The van der Waals surface area contributed by atoms with Crippen LogP contribution >= 0.6 is 11.6 Å². The lowest BCUT2D eigenvalue weighted by molar-refractivity contribution is -0.121. The van der Waals surface area contributed by atoms with Gasteiger partial charge in [-0.1, -0.05) is 43.5 Å². The summed E-state index contributed by atoms with van der Waals surface area (Å²) in [5.41, 5.74) is 0.929. The van der Waals surface area contributed by atoms with E-state index in [1.807, 2.05) is 19.1 Å². The number of halogens is 1. The van der Waals surface area contributed by atoms with Gasteiger partial charge in [0.15, 0.2) is 0 Å². The molecule has 6 heteroatoms. The Hall–Kier alpha value is -1.75. The van der Waals surface area contributed by atoms with Crippen molar-refractivity contribution in [2.75, 3.05) is 6.54 Å². The molecular weight excluding hydrogens is 326 g/mol. The topological polar surface area (TPSA) is 70.2 Å². The Kier molecular flexibility index (Phi) is 7.37. The largest absolute Gasteiger partial charge is 0.351 e. The molecule has 1 fully saturated rings. The molecule has 132 valence electrons. The average Bonchev–Trinajstić information content (AvgIpc) is 2.57. The molecule has 1 aliphatic rings. The van der Waals surface area contributed by atoms with Crippen molar-refractivity contribution < 1.29 is 9.59 Å². The molecule has 1 aliphatic carbocycles. The van der Waals surface area contributed by atoms with E-state index in [-0.39, 0.29) is 24.0 Å². The molecular formula is C18H26ClN3O2. The fourth-order valence-corrected chi connectivity index (χ4v) is 3.11. The predicted molar refractivity (Wildman–Crippen MR) is 96.2 cm³/mol. The molecule has 2 unspecified atom stereocenters. The Morgan fingerprint density at radius 1 is 1.08 bits per heavy atom. The third-order valence-electron chi connectivity index (χ3n) is 4.24. The number of rotatable bonds is 6. The first kappa shape index (κ1) is 18.6. The zero-order valence-corrected chi connectivity index (χ0v) is 14.9. The second-order valence-electron chi connectivity index (χ2n) is 6.27. The van der Waals surface area contributed by atoms with Gasteiger partial charge in [0.1, 0.15) is 0 Å². The zero-order chi connectivity index (χ0) is 17.4. The summed E-state index contributed by atoms with van der Waals surface area (Å²) in [7, 11) is 0. The Bertz CT molecular complexity index is 548. The minimum Gasteiger partial charge on any atom is -0.351 e. The molecule has 0 aliphatic heterocycles. The average molecular weight is 352 g/mol. The summed E-state index contributed by atoms with van der Waals surface area (Å²) in [6.07, 6.45) is 5.15. The highest BCUT2D eigenvalue weighted by Gasteiger charge is 2.27. The van der Waals surface area contributed by atoms with Crippen molar-refractivity contribution in [3.8, 4) is 0 Å². The number of carbonyl (C=O) groups is 2. The van der Waals surface area contributed by atoms with Gasteiger partial charge < -0.3 is 16.0 Å². The number of urea groups is 1. The smallest absolute Gasteiger partial charge is 0.315 e. The fourth-order valence-electron chi connectivity index (χ4n) is 2.98. The summed E-state index contributed by atoms with van der Waals surface area (Å²) in [4.78, 5) is 24.2. The Morgan fingerprint density at radius 2 is 1.71 bits per heavy atom. The molecule has 1 aromatic rings. The van der Waals surface area contributed by atoms with Crippen molar-refractivity contribution in [2.24, 2.45) is 0 Å². The third kappa shape index (κ3) is 6.04. The predicted octanol–water partition coefficient (Wildman–Crippen LogP) is 3.02. The van der Waals surface area contributed by atoms with Crippen LogP contribution in [0.25, 0.3) is 0 Å². The lowest BCUT2D eigenvalue weighted by Gasteiger charge is -2.32. The van der Waals surface area contributed by atoms with Gasteiger partial charge in [-0.2, -0.15) is 0 Å². The number of carbonyl (C=O) groups excluding carboxylic acids is 2. The molecule has 0 saturated heterocycles. The summed E-state index contributed by atoms with van der Waals surface area (Å²) in [6, 6.07) is 7.12. The highest BCUT2D eigenvalue weighted by atomic mass is 35.5. The first-order chi connectivity index (χ1) is 11.6. The molecule has 5 nitrogen and oxygen atoms in total. The number of nitrogens with one attached hydrogen (secondary N) is 3. The van der Waals surface area contributed by atoms with Crippen LogP contribution in [0.2, 0.25) is 5.02 Å². The molecule has 1 saturated carbocycles. The van der Waals surface area contributed by atoms with Crippen molar-refractivity contribution >= 4 is 23.5 Å². The highest BCUT2D eigenvalue weighted by Crippen LogP contribution is 2.19. The fraction of sp³-hybridized carbons (Fsp3) is 0.556. The first-order valence-electron chi connectivity index (χ1n) is 8.66. The second kappa shape index (κ2) is 9.52. The quantitative estimate of drug-likeness (QED) is 0.737. The van der Waals surface area contributed by atoms with E-state index < -0.39 is 0 Å². The van der Waals surface area contributed by atoms with E-state index in [0.717, 1.165) is 37.7 Å². The van der Waals surface area contributed by atoms with Gasteiger partial charge in [-0.25, -0.2) is 4.79 Å². The van der Waals surface area contributed by atoms with E-state index in [1.165, 1.54) is 0 Å². The molecule has 0 spiro atoms. The lowest BCUT2D eigenvalue weighted by atomic mass is 9.90. The SMILES string of the molecule is CCCNC(=O)NC1CCCCC1NC(=O)Cc1ccc(Cl)cc1. The third-order valence-corrected chi connectivity index (χ3v) is 4.49. The van der Waals surface area contributed by atoms with Crippen LogP contribution in [0.5, 0.6) is 0 Å². The van der Waals surface area contributed by atoms with Crippen LogP contribution < -0.4 is 16.0 Å². The standard InChI is InChI=1S/C18H26ClN3O2/c1-2-11-20-18(24)22-16-6-4-3-5-15(16)21-17(23)12-13-7-9-14(19)10-8-13/h7-10,15-16H,2-6,11-12H2,1H3,(H,21,23)(H2,20,22,24). The van der Waals surface area contributed by atoms with Crippen LogP contribution in [0.3, 0.4) is 0 Å². The van der Waals surface area contributed by atoms with Gasteiger partial charge in [0, 0.05) is 17.6 Å². The second-order valence-corrected chi connectivity index (χ2v) is 6.70. The summed E-state index contributed by atoms with van der Waals surface area (Å²) in [5.74, 6) is -0.0232. The molecule has 3 N–H and O–H groups in total. The summed E-state index contributed by atoms with van der Waals surface area (Å²) < 4.78 is 0. The van der Waals surface area contributed by atoms with Gasteiger partial charge in [-0.15, -0.1) is 0 Å². The van der Waals surface area contributed by atoms with Gasteiger partial charge in [0.2, 0.25) is 5.91 Å². The summed E-state index contributed by atoms with van der Waals surface area (Å²) in [5, 5.41) is 9.56. The normalized spacial score (nSPS) is 20.2. The monoisotopic (exact) mass is 351 g/mol. The van der Waals surface area contributed by atoms with E-state index >= 15 is 0 Å². The number of hydrogen-bond acceptors (Lipinski definition) is 2. The zero-order valence-electron chi connectivity index (χ0n) is 14.1. The first-order valence-corrected chi connectivity index (χ1v) is 9.04. The molecule has 3 amide bonds. The maximum Gasteiger partial charge on any atom is 0.315 e. The number of benzene rings is 1. The van der Waals surface area contributed by atoms with Crippen LogP contribution in [-0.2, 0) is 11.2 Å². The van der Waals surface area contributed by atoms with E-state index in [9.17, 15) is 9.59 Å². The molecule has 2 atom stereocenters. The van der Waals surface area contributed by atoms with Crippen LogP contribution in [0.1, 0.15) is 44.6 Å². The molecule has 0 aromatic heterocycles. The van der Waals surface area contributed by atoms with Gasteiger partial charge in [-0.3, -0.25) is 4.79 Å². The molecule has 0 radical (unpaired) electrons. The molecule has 2 rings (SSSR count). The van der Waals surface area contributed by atoms with Gasteiger partial charge in [0.05, 0.1) is 12.5 Å². The van der Waals surface area contributed by atoms with E-state index in [4.69, 9.17) is 11.6 Å². The minimum absolute atomic E-state index is 0.00840. The van der Waals surface area contributed by atoms with Gasteiger partial charge in [-0.05, 0) is 37.0 Å². The van der Waals surface area contributed by atoms with Crippen molar-refractivity contribution in [3.63, 3.8) is 0 Å². The van der Waals surface area contributed by atoms with Gasteiger partial charge in [0.25, 0.3) is 0 Å². The minimum atomic E-state index is -0.152. The lowest BCUT2D eigenvalue weighted by Crippen LogP contribution is -2.55. The van der Waals surface area contributed by atoms with Crippen molar-refractivity contribution in [3.05, 3.63) is 34.9 Å². The molecule has 24 heavy (non-hydrogen) atoms. The summed E-state index contributed by atoms with van der Waals surface area (Å²) >= 11 is 5.86. The molecule has 0 bridgehead atoms. The Balaban J connectivity index is 1.86. The van der Waals surface area contributed by atoms with E-state index in [0.29, 0.717) is 18.0 Å². The Labute approximate surface area is 148 Å². The maximum absolute atomic E-state index is 12.3.